The highest BCUT2D eigenvalue weighted by molar-refractivity contribution is 6.23. The van der Waals surface area contributed by atoms with E-state index in [9.17, 15) is 19.2 Å². The van der Waals surface area contributed by atoms with Gasteiger partial charge in [0.25, 0.3) is 11.8 Å². The quantitative estimate of drug-likeness (QED) is 0.115. The Kier molecular flexibility index (Phi) is 10.2. The van der Waals surface area contributed by atoms with Crippen molar-refractivity contribution >= 4 is 45.4 Å². The van der Waals surface area contributed by atoms with Gasteiger partial charge in [-0.3, -0.25) is 34.4 Å². The molecule has 0 bridgehead atoms. The third-order valence-electron chi connectivity index (χ3n) is 11.9. The molecule has 4 aliphatic rings. The minimum atomic E-state index is -0.980. The standard InChI is InChI=1S/C44H46N6O7/c1-48-37-13-16-45-26-36(37)33-8-5-27(21-39(33)48)28-6-12-41(46-25-28)57-32-22-31(23-32)56-29-14-18-49(19-15-29)17-3-2-4-20-55-30-7-9-34-35(24-30)44(54)50(43(34)53)38-10-11-40(51)47-42(38)52/h5-9,12-13,16,21,24-26,29,31-32,38H,2-4,10-11,14-15,17-20,22-23H2,1H3,(H,47,51,52)/t31-,32-,38?. The summed E-state index contributed by atoms with van der Waals surface area (Å²) in [6, 6.07) is 16.5. The molecular weight excluding hydrogens is 725 g/mol. The molecular formula is C44H46N6O7. The Morgan fingerprint density at radius 1 is 0.772 bits per heavy atom. The predicted molar refractivity (Wildman–Crippen MR) is 212 cm³/mol. The molecule has 1 unspecified atom stereocenters. The van der Waals surface area contributed by atoms with Gasteiger partial charge in [-0.2, -0.15) is 0 Å². The minimum Gasteiger partial charge on any atom is -0.494 e. The van der Waals surface area contributed by atoms with Gasteiger partial charge < -0.3 is 23.7 Å². The van der Waals surface area contributed by atoms with E-state index in [1.807, 2.05) is 30.7 Å². The first-order valence-corrected chi connectivity index (χ1v) is 20.1. The number of imide groups is 2. The third kappa shape index (κ3) is 7.49. The van der Waals surface area contributed by atoms with Gasteiger partial charge in [0, 0.05) is 85.9 Å². The first kappa shape index (κ1) is 36.9. The molecule has 1 saturated carbocycles. The summed E-state index contributed by atoms with van der Waals surface area (Å²) in [4.78, 5) is 62.2. The number of fused-ring (bicyclic) bond motifs is 4. The van der Waals surface area contributed by atoms with E-state index in [1.165, 1.54) is 16.4 Å². The van der Waals surface area contributed by atoms with Crippen LogP contribution in [0.15, 0.2) is 73.2 Å². The molecule has 4 amide bonds. The second kappa shape index (κ2) is 15.7. The summed E-state index contributed by atoms with van der Waals surface area (Å²) in [7, 11) is 2.09. The fourth-order valence-corrected chi connectivity index (χ4v) is 8.63. The highest BCUT2D eigenvalue weighted by Gasteiger charge is 2.44. The molecule has 3 aromatic heterocycles. The number of benzene rings is 2. The van der Waals surface area contributed by atoms with Crippen LogP contribution in [0, 0.1) is 0 Å². The number of likely N-dealkylation sites (tertiary alicyclic amines) is 1. The molecule has 13 nitrogen and oxygen atoms in total. The van der Waals surface area contributed by atoms with Gasteiger partial charge in [-0.05, 0) is 87.0 Å². The molecule has 1 atom stereocenters. The number of carbonyl (C=O) groups is 4. The highest BCUT2D eigenvalue weighted by atomic mass is 16.5. The molecule has 294 valence electrons. The summed E-state index contributed by atoms with van der Waals surface area (Å²) in [5, 5.41) is 4.57. The molecule has 3 fully saturated rings. The molecule has 9 rings (SSSR count). The number of piperidine rings is 2. The van der Waals surface area contributed by atoms with E-state index < -0.39 is 29.7 Å². The van der Waals surface area contributed by atoms with Gasteiger partial charge in [0.1, 0.15) is 17.9 Å². The Bertz CT molecular complexity index is 2340. The Balaban J connectivity index is 0.648. The molecule has 57 heavy (non-hydrogen) atoms. The second-order valence-electron chi connectivity index (χ2n) is 15.6. The number of aromatic nitrogens is 3. The van der Waals surface area contributed by atoms with Crippen molar-refractivity contribution in [3.05, 3.63) is 84.3 Å². The minimum absolute atomic E-state index is 0.0875. The van der Waals surface area contributed by atoms with E-state index in [2.05, 4.69) is 56.1 Å². The molecule has 13 heteroatoms. The van der Waals surface area contributed by atoms with Gasteiger partial charge in [-0.15, -0.1) is 0 Å². The Hall–Kier alpha value is -5.66. The maximum atomic E-state index is 13.1. The number of carbonyl (C=O) groups excluding carboxylic acids is 4. The smallest absolute Gasteiger partial charge is 0.262 e. The number of ether oxygens (including phenoxy) is 3. The molecule has 1 N–H and O–H groups in total. The zero-order chi connectivity index (χ0) is 39.0. The number of rotatable bonds is 13. The van der Waals surface area contributed by atoms with Crippen molar-refractivity contribution in [1.29, 1.82) is 0 Å². The van der Waals surface area contributed by atoms with Crippen LogP contribution < -0.4 is 14.8 Å². The highest BCUT2D eigenvalue weighted by Crippen LogP contribution is 2.34. The fraction of sp³-hybridized carbons (Fsp3) is 0.409. The zero-order valence-electron chi connectivity index (χ0n) is 32.0. The van der Waals surface area contributed by atoms with Crippen molar-refractivity contribution in [2.24, 2.45) is 7.05 Å². The number of hydrogen-bond donors (Lipinski definition) is 1. The van der Waals surface area contributed by atoms with Crippen LogP contribution in [0.2, 0.25) is 0 Å². The van der Waals surface area contributed by atoms with E-state index in [-0.39, 0.29) is 36.2 Å². The molecule has 2 saturated heterocycles. The predicted octanol–water partition coefficient (Wildman–Crippen LogP) is 5.83. The van der Waals surface area contributed by atoms with Crippen LogP contribution in [0.4, 0.5) is 0 Å². The lowest BCUT2D eigenvalue weighted by atomic mass is 9.91. The molecule has 6 heterocycles. The summed E-state index contributed by atoms with van der Waals surface area (Å²) in [6.45, 7) is 3.61. The number of nitrogens with one attached hydrogen (secondary N) is 1. The van der Waals surface area contributed by atoms with Crippen molar-refractivity contribution < 1.29 is 33.4 Å². The van der Waals surface area contributed by atoms with Crippen LogP contribution in [0.25, 0.3) is 32.9 Å². The van der Waals surface area contributed by atoms with Crippen LogP contribution in [-0.4, -0.2) is 98.6 Å². The van der Waals surface area contributed by atoms with Crippen molar-refractivity contribution in [2.75, 3.05) is 26.2 Å². The van der Waals surface area contributed by atoms with Crippen molar-refractivity contribution in [2.45, 2.75) is 82.1 Å². The number of hydrogen-bond acceptors (Lipinski definition) is 10. The third-order valence-corrected chi connectivity index (χ3v) is 11.9. The number of nitrogens with zero attached hydrogens (tertiary/aromatic N) is 5. The van der Waals surface area contributed by atoms with Gasteiger partial charge in [0.15, 0.2) is 0 Å². The summed E-state index contributed by atoms with van der Waals surface area (Å²) < 4.78 is 20.8. The maximum Gasteiger partial charge on any atom is 0.262 e. The van der Waals surface area contributed by atoms with Crippen LogP contribution in [0.5, 0.6) is 11.6 Å². The Labute approximate surface area is 330 Å². The number of aryl methyl sites for hydroxylation is 1. The molecule has 2 aromatic carbocycles. The molecule has 5 aromatic rings. The van der Waals surface area contributed by atoms with Gasteiger partial charge in [-0.1, -0.05) is 12.1 Å². The molecule has 3 aliphatic heterocycles. The van der Waals surface area contributed by atoms with Gasteiger partial charge >= 0.3 is 0 Å². The molecule has 0 spiro atoms. The van der Waals surface area contributed by atoms with Gasteiger partial charge in [0.2, 0.25) is 17.7 Å². The lowest BCUT2D eigenvalue weighted by Crippen LogP contribution is -2.54. The Morgan fingerprint density at radius 3 is 2.40 bits per heavy atom. The summed E-state index contributed by atoms with van der Waals surface area (Å²) in [5.74, 6) is -0.901. The summed E-state index contributed by atoms with van der Waals surface area (Å²) >= 11 is 0. The number of unbranched alkanes of at least 4 members (excludes halogenated alkanes) is 2. The van der Waals surface area contributed by atoms with Crippen LogP contribution in [-0.2, 0) is 21.4 Å². The van der Waals surface area contributed by atoms with Crippen molar-refractivity contribution in [3.8, 4) is 22.8 Å². The monoisotopic (exact) mass is 770 g/mol. The average molecular weight is 771 g/mol. The summed E-state index contributed by atoms with van der Waals surface area (Å²) in [6.07, 6.45) is 13.3. The maximum absolute atomic E-state index is 13.1. The average Bonchev–Trinajstić information content (AvgIpc) is 3.64. The van der Waals surface area contributed by atoms with E-state index in [4.69, 9.17) is 14.2 Å². The van der Waals surface area contributed by atoms with Gasteiger partial charge in [0.05, 0.1) is 35.5 Å². The van der Waals surface area contributed by atoms with Crippen molar-refractivity contribution in [3.63, 3.8) is 0 Å². The van der Waals surface area contributed by atoms with E-state index in [0.717, 1.165) is 86.0 Å². The topological polar surface area (TPSA) is 145 Å². The normalized spacial score (nSPS) is 21.6. The van der Waals surface area contributed by atoms with Crippen LogP contribution >= 0.6 is 0 Å². The zero-order valence-corrected chi connectivity index (χ0v) is 32.0. The van der Waals surface area contributed by atoms with Crippen molar-refractivity contribution in [1.82, 2.24) is 29.7 Å². The van der Waals surface area contributed by atoms with Crippen LogP contribution in [0.1, 0.15) is 78.5 Å². The van der Waals surface area contributed by atoms with E-state index in [0.29, 0.717) is 24.3 Å². The largest absolute Gasteiger partial charge is 0.494 e. The first-order chi connectivity index (χ1) is 27.8. The second-order valence-corrected chi connectivity index (χ2v) is 15.6. The number of pyridine rings is 2. The molecule has 1 aliphatic carbocycles. The first-order valence-electron chi connectivity index (χ1n) is 20.1. The number of amides is 4. The fourth-order valence-electron chi connectivity index (χ4n) is 8.63. The Morgan fingerprint density at radius 2 is 1.60 bits per heavy atom. The lowest BCUT2D eigenvalue weighted by molar-refractivity contribution is -0.136. The van der Waals surface area contributed by atoms with Gasteiger partial charge in [-0.25, -0.2) is 4.98 Å². The SMILES string of the molecule is Cn1c2ccncc2c2ccc(-c3ccc(O[C@H]4C[C@H](OC5CCN(CCCCCOc6ccc7c(c6)C(=O)N(C6CCC(=O)NC6=O)C7=O)CC5)C4)nc3)cc21. The van der Waals surface area contributed by atoms with E-state index >= 15 is 0 Å². The molecule has 0 radical (unpaired) electrons. The van der Waals surface area contributed by atoms with Crippen LogP contribution in [0.3, 0.4) is 0 Å². The summed E-state index contributed by atoms with van der Waals surface area (Å²) in [5.41, 5.74) is 4.98. The lowest BCUT2D eigenvalue weighted by Gasteiger charge is -2.39. The van der Waals surface area contributed by atoms with E-state index in [1.54, 1.807) is 18.2 Å².